The van der Waals surface area contributed by atoms with Crippen LogP contribution >= 0.6 is 11.3 Å². The number of methoxy groups -OCH3 is 1. The van der Waals surface area contributed by atoms with Crippen molar-refractivity contribution in [3.8, 4) is 11.3 Å². The van der Waals surface area contributed by atoms with Crippen LogP contribution < -0.4 is 10.6 Å². The topological polar surface area (TPSA) is 63.2 Å². The Labute approximate surface area is 122 Å². The van der Waals surface area contributed by atoms with E-state index in [0.29, 0.717) is 18.3 Å². The first kappa shape index (κ1) is 14.5. The Kier molecular flexibility index (Phi) is 5.09. The monoisotopic (exact) mass is 291 g/mol. The number of aryl methyl sites for hydroxylation is 1. The highest BCUT2D eigenvalue weighted by atomic mass is 32.1. The third-order valence-corrected chi connectivity index (χ3v) is 3.42. The molecule has 0 fully saturated rings. The molecule has 0 atom stereocenters. The predicted molar refractivity (Wildman–Crippen MR) is 81.2 cm³/mol. The quantitative estimate of drug-likeness (QED) is 0.833. The zero-order chi connectivity index (χ0) is 14.4. The van der Waals surface area contributed by atoms with Gasteiger partial charge in [-0.15, -0.1) is 11.3 Å². The van der Waals surface area contributed by atoms with Crippen molar-refractivity contribution in [1.29, 1.82) is 0 Å². The zero-order valence-corrected chi connectivity index (χ0v) is 12.3. The summed E-state index contributed by atoms with van der Waals surface area (Å²) in [5.41, 5.74) is 3.11. The number of amides is 2. The second-order valence-electron chi connectivity index (χ2n) is 4.28. The smallest absolute Gasteiger partial charge is 0.321 e. The zero-order valence-electron chi connectivity index (χ0n) is 11.5. The molecule has 0 aliphatic rings. The molecular formula is C14H17N3O2S. The number of anilines is 1. The van der Waals surface area contributed by atoms with Crippen molar-refractivity contribution in [1.82, 2.24) is 10.3 Å². The molecule has 106 valence electrons. The highest BCUT2D eigenvalue weighted by Gasteiger charge is 2.07. The second-order valence-corrected chi connectivity index (χ2v) is 5.14. The van der Waals surface area contributed by atoms with Gasteiger partial charge in [0, 0.05) is 24.6 Å². The van der Waals surface area contributed by atoms with Crippen LogP contribution in [0.3, 0.4) is 0 Å². The maximum absolute atomic E-state index is 11.6. The summed E-state index contributed by atoms with van der Waals surface area (Å²) in [6.07, 6.45) is 0. The molecule has 6 heteroatoms. The summed E-state index contributed by atoms with van der Waals surface area (Å²) in [4.78, 5) is 16.0. The van der Waals surface area contributed by atoms with Crippen molar-refractivity contribution >= 4 is 22.5 Å². The van der Waals surface area contributed by atoms with Gasteiger partial charge in [0.05, 0.1) is 12.3 Å². The van der Waals surface area contributed by atoms with Gasteiger partial charge in [-0.3, -0.25) is 5.32 Å². The number of benzene rings is 1. The fourth-order valence-corrected chi connectivity index (χ4v) is 2.31. The maximum Gasteiger partial charge on any atom is 0.321 e. The Balaban J connectivity index is 1.95. The molecule has 0 spiro atoms. The normalized spacial score (nSPS) is 10.3. The molecule has 2 rings (SSSR count). The van der Waals surface area contributed by atoms with Crippen LogP contribution in [0.4, 0.5) is 9.93 Å². The minimum absolute atomic E-state index is 0.271. The van der Waals surface area contributed by atoms with Crippen molar-refractivity contribution in [3.63, 3.8) is 0 Å². The lowest BCUT2D eigenvalue weighted by Crippen LogP contribution is -2.31. The number of nitrogens with one attached hydrogen (secondary N) is 2. The Morgan fingerprint density at radius 2 is 2.10 bits per heavy atom. The number of thiazole rings is 1. The molecule has 5 nitrogen and oxygen atoms in total. The van der Waals surface area contributed by atoms with E-state index in [4.69, 9.17) is 4.74 Å². The van der Waals surface area contributed by atoms with Crippen molar-refractivity contribution in [2.24, 2.45) is 0 Å². The van der Waals surface area contributed by atoms with E-state index in [-0.39, 0.29) is 6.03 Å². The average molecular weight is 291 g/mol. The highest BCUT2D eigenvalue weighted by molar-refractivity contribution is 7.14. The summed E-state index contributed by atoms with van der Waals surface area (Å²) in [6, 6.07) is 7.85. The fourth-order valence-electron chi connectivity index (χ4n) is 1.60. The first-order valence-electron chi connectivity index (χ1n) is 6.25. The molecule has 2 N–H and O–H groups in total. The van der Waals surface area contributed by atoms with Gasteiger partial charge >= 0.3 is 6.03 Å². The van der Waals surface area contributed by atoms with Crippen molar-refractivity contribution in [3.05, 3.63) is 35.2 Å². The SMILES string of the molecule is COCCNC(=O)Nc1nc(-c2ccc(C)cc2)cs1. The van der Waals surface area contributed by atoms with Crippen LogP contribution in [0, 0.1) is 6.92 Å². The Morgan fingerprint density at radius 1 is 1.35 bits per heavy atom. The molecule has 1 aromatic heterocycles. The number of hydrogen-bond donors (Lipinski definition) is 2. The van der Waals surface area contributed by atoms with Crippen LogP contribution in [0.2, 0.25) is 0 Å². The third-order valence-electron chi connectivity index (χ3n) is 2.66. The number of carbonyl (C=O) groups excluding carboxylic acids is 1. The Bertz CT molecular complexity index is 566. The summed E-state index contributed by atoms with van der Waals surface area (Å²) in [5, 5.41) is 7.89. The van der Waals surface area contributed by atoms with E-state index in [1.807, 2.05) is 36.6 Å². The number of carbonyl (C=O) groups is 1. The molecule has 1 aromatic carbocycles. The number of aromatic nitrogens is 1. The van der Waals surface area contributed by atoms with Gasteiger partial charge in [-0.25, -0.2) is 9.78 Å². The van der Waals surface area contributed by atoms with Gasteiger partial charge < -0.3 is 10.1 Å². The number of nitrogens with zero attached hydrogens (tertiary/aromatic N) is 1. The first-order chi connectivity index (χ1) is 9.69. The van der Waals surface area contributed by atoms with Gasteiger partial charge in [0.15, 0.2) is 5.13 Å². The molecule has 0 saturated carbocycles. The van der Waals surface area contributed by atoms with Gasteiger partial charge in [0.25, 0.3) is 0 Å². The third kappa shape index (κ3) is 4.04. The van der Waals surface area contributed by atoms with Crippen LogP contribution in [-0.4, -0.2) is 31.3 Å². The van der Waals surface area contributed by atoms with E-state index in [9.17, 15) is 4.79 Å². The standard InChI is InChI=1S/C14H17N3O2S/c1-10-3-5-11(6-4-10)12-9-20-14(16-12)17-13(18)15-7-8-19-2/h3-6,9H,7-8H2,1-2H3,(H2,15,16,17,18). The number of rotatable bonds is 5. The first-order valence-corrected chi connectivity index (χ1v) is 7.13. The van der Waals surface area contributed by atoms with Crippen LogP contribution in [-0.2, 0) is 4.74 Å². The van der Waals surface area contributed by atoms with E-state index in [1.165, 1.54) is 16.9 Å². The average Bonchev–Trinajstić information content (AvgIpc) is 2.88. The van der Waals surface area contributed by atoms with E-state index >= 15 is 0 Å². The van der Waals surface area contributed by atoms with E-state index in [1.54, 1.807) is 7.11 Å². The van der Waals surface area contributed by atoms with Crippen molar-refractivity contribution in [2.45, 2.75) is 6.92 Å². The predicted octanol–water partition coefficient (Wildman–Crippen LogP) is 2.89. The highest BCUT2D eigenvalue weighted by Crippen LogP contribution is 2.24. The van der Waals surface area contributed by atoms with Crippen LogP contribution in [0.15, 0.2) is 29.6 Å². The van der Waals surface area contributed by atoms with E-state index < -0.39 is 0 Å². The second kappa shape index (κ2) is 7.02. The van der Waals surface area contributed by atoms with Crippen LogP contribution in [0.25, 0.3) is 11.3 Å². The van der Waals surface area contributed by atoms with E-state index in [0.717, 1.165) is 11.3 Å². The van der Waals surface area contributed by atoms with Crippen LogP contribution in [0.1, 0.15) is 5.56 Å². The molecule has 0 unspecified atom stereocenters. The molecule has 0 saturated heterocycles. The summed E-state index contributed by atoms with van der Waals surface area (Å²) >= 11 is 1.40. The molecule has 2 amide bonds. The number of urea groups is 1. The molecule has 2 aromatic rings. The molecule has 20 heavy (non-hydrogen) atoms. The lowest BCUT2D eigenvalue weighted by Gasteiger charge is -2.04. The molecule has 0 bridgehead atoms. The van der Waals surface area contributed by atoms with Gasteiger partial charge in [0.1, 0.15) is 0 Å². The molecule has 0 aliphatic carbocycles. The molecule has 1 heterocycles. The Hall–Kier alpha value is -1.92. The van der Waals surface area contributed by atoms with E-state index in [2.05, 4.69) is 15.6 Å². The lowest BCUT2D eigenvalue weighted by molar-refractivity contribution is 0.198. The summed E-state index contributed by atoms with van der Waals surface area (Å²) in [7, 11) is 1.59. The molecular weight excluding hydrogens is 274 g/mol. The van der Waals surface area contributed by atoms with Gasteiger partial charge in [-0.05, 0) is 6.92 Å². The van der Waals surface area contributed by atoms with Crippen LogP contribution in [0.5, 0.6) is 0 Å². The van der Waals surface area contributed by atoms with Crippen molar-refractivity contribution < 1.29 is 9.53 Å². The summed E-state index contributed by atoms with van der Waals surface area (Å²) in [6.45, 7) is 3.00. The summed E-state index contributed by atoms with van der Waals surface area (Å²) < 4.78 is 4.86. The van der Waals surface area contributed by atoms with Crippen molar-refractivity contribution in [2.75, 3.05) is 25.6 Å². The summed E-state index contributed by atoms with van der Waals surface area (Å²) in [5.74, 6) is 0. The number of ether oxygens (including phenoxy) is 1. The molecule has 0 radical (unpaired) electrons. The van der Waals surface area contributed by atoms with Gasteiger partial charge in [-0.1, -0.05) is 29.8 Å². The molecule has 0 aliphatic heterocycles. The van der Waals surface area contributed by atoms with Gasteiger partial charge in [0.2, 0.25) is 0 Å². The Morgan fingerprint density at radius 3 is 2.80 bits per heavy atom. The minimum Gasteiger partial charge on any atom is -0.383 e. The fraction of sp³-hybridized carbons (Fsp3) is 0.286. The van der Waals surface area contributed by atoms with Gasteiger partial charge in [-0.2, -0.15) is 0 Å². The lowest BCUT2D eigenvalue weighted by atomic mass is 10.1. The minimum atomic E-state index is -0.271. The largest absolute Gasteiger partial charge is 0.383 e. The maximum atomic E-state index is 11.6. The number of hydrogen-bond acceptors (Lipinski definition) is 4.